The van der Waals surface area contributed by atoms with Gasteiger partial charge >= 0.3 is 5.96 Å². The maximum atomic E-state index is 8.47. The van der Waals surface area contributed by atoms with Crippen molar-refractivity contribution in [1.82, 2.24) is 0 Å². The fraction of sp³-hybridized carbons (Fsp3) is 0.111. The van der Waals surface area contributed by atoms with Gasteiger partial charge in [0.15, 0.2) is 0 Å². The predicted octanol–water partition coefficient (Wildman–Crippen LogP) is -1.50. The number of rotatable bonds is 2. The van der Waals surface area contributed by atoms with Crippen LogP contribution in [0.5, 0.6) is 0 Å². The average Bonchev–Trinajstić information content (AvgIpc) is 2.16. The molecule has 0 aliphatic rings. The summed E-state index contributed by atoms with van der Waals surface area (Å²) in [5.41, 5.74) is 12.3. The maximum absolute atomic E-state index is 8.47. The minimum atomic E-state index is -1.75. The van der Waals surface area contributed by atoms with E-state index >= 15 is 0 Å². The van der Waals surface area contributed by atoms with Crippen molar-refractivity contribution in [1.29, 1.82) is 5.26 Å². The lowest BCUT2D eigenvalue weighted by Gasteiger charge is -1.95. The Kier molecular flexibility index (Phi) is 6.23. The topological polar surface area (TPSA) is 156 Å². The van der Waals surface area contributed by atoms with Gasteiger partial charge in [-0.1, -0.05) is 12.1 Å². The van der Waals surface area contributed by atoms with Gasteiger partial charge in [-0.15, -0.1) is 0 Å². The van der Waals surface area contributed by atoms with Crippen molar-refractivity contribution >= 4 is 11.6 Å². The Morgan fingerprint density at radius 3 is 2.53 bits per heavy atom. The molecule has 0 radical (unpaired) electrons. The van der Waals surface area contributed by atoms with Crippen LogP contribution in [0.2, 0.25) is 0 Å². The Hall–Kier alpha value is -2.82. The standard InChI is InChI=1S/C9H10N4.NO3/c10-5-4-7-2-1-3-8(6-7)13-9(11)12;2-1(3)4/h1-3,6H,4H2,(H4,11,12,13);/q;-1/p+1. The summed E-state index contributed by atoms with van der Waals surface area (Å²) in [4.78, 5) is 11.0. The largest absolute Gasteiger partial charge is 0.356 e. The summed E-state index contributed by atoms with van der Waals surface area (Å²) < 4.78 is 0. The summed E-state index contributed by atoms with van der Waals surface area (Å²) in [5.74, 6) is 0.147. The molecule has 0 saturated heterocycles. The molecule has 0 aliphatic carbocycles. The Bertz CT molecular complexity index is 444. The number of hydrogen-bond acceptors (Lipinski definition) is 4. The predicted molar refractivity (Wildman–Crippen MR) is 60.1 cm³/mol. The van der Waals surface area contributed by atoms with E-state index in [1.54, 1.807) is 0 Å². The normalized spacial score (nSPS) is 8.18. The van der Waals surface area contributed by atoms with Crippen molar-refractivity contribution in [3.8, 4) is 6.07 Å². The highest BCUT2D eigenvalue weighted by Crippen LogP contribution is 2.04. The van der Waals surface area contributed by atoms with E-state index in [9.17, 15) is 0 Å². The van der Waals surface area contributed by atoms with Crippen LogP contribution in [0.15, 0.2) is 24.3 Å². The third-order valence-corrected chi connectivity index (χ3v) is 1.50. The van der Waals surface area contributed by atoms with Gasteiger partial charge in [-0.2, -0.15) is 5.26 Å². The van der Waals surface area contributed by atoms with Gasteiger partial charge in [-0.3, -0.25) is 11.5 Å². The molecule has 0 fully saturated rings. The van der Waals surface area contributed by atoms with Gasteiger partial charge in [0.2, 0.25) is 0 Å². The second-order valence-electron chi connectivity index (χ2n) is 2.84. The number of benzene rings is 1. The monoisotopic (exact) mass is 237 g/mol. The molecule has 0 amide bonds. The van der Waals surface area contributed by atoms with Gasteiger partial charge in [0.1, 0.15) is 0 Å². The first-order chi connectivity index (χ1) is 7.95. The summed E-state index contributed by atoms with van der Waals surface area (Å²) in [6.45, 7) is 0. The third-order valence-electron chi connectivity index (χ3n) is 1.50. The van der Waals surface area contributed by atoms with Crippen molar-refractivity contribution in [2.45, 2.75) is 6.42 Å². The highest BCUT2D eigenvalue weighted by Gasteiger charge is 1.95. The molecule has 0 aromatic heterocycles. The SMILES string of the molecule is N#CCc1cccc([NH+]=C(N)N)c1.O=[N+]([O-])[O-]. The number of guanidine groups is 1. The van der Waals surface area contributed by atoms with Crippen molar-refractivity contribution in [2.75, 3.05) is 0 Å². The smallest absolute Gasteiger partial charge is 0.343 e. The van der Waals surface area contributed by atoms with Crippen molar-refractivity contribution in [2.24, 2.45) is 11.5 Å². The lowest BCUT2D eigenvalue weighted by molar-refractivity contribution is -0.402. The molecule has 8 nitrogen and oxygen atoms in total. The van der Waals surface area contributed by atoms with E-state index in [0.29, 0.717) is 6.42 Å². The molecule has 0 bridgehead atoms. The average molecular weight is 237 g/mol. The van der Waals surface area contributed by atoms with Gasteiger partial charge in [-0.25, -0.2) is 4.99 Å². The van der Waals surface area contributed by atoms with Gasteiger partial charge in [0.05, 0.1) is 23.3 Å². The van der Waals surface area contributed by atoms with Crippen LogP contribution >= 0.6 is 0 Å². The van der Waals surface area contributed by atoms with Crippen LogP contribution < -0.4 is 16.5 Å². The second-order valence-corrected chi connectivity index (χ2v) is 2.84. The van der Waals surface area contributed by atoms with Crippen LogP contribution in [0.25, 0.3) is 0 Å². The Labute approximate surface area is 96.9 Å². The molecule has 5 N–H and O–H groups in total. The molecular formula is C9H11N5O3. The van der Waals surface area contributed by atoms with Crippen molar-refractivity contribution in [3.63, 3.8) is 0 Å². The Morgan fingerprint density at radius 2 is 2.06 bits per heavy atom. The molecule has 8 heteroatoms. The summed E-state index contributed by atoms with van der Waals surface area (Å²) in [7, 11) is 0. The lowest BCUT2D eigenvalue weighted by atomic mass is 10.1. The van der Waals surface area contributed by atoms with Crippen LogP contribution in [0, 0.1) is 26.7 Å². The van der Waals surface area contributed by atoms with Gasteiger partial charge in [0.25, 0.3) is 0 Å². The fourth-order valence-corrected chi connectivity index (χ4v) is 1.02. The molecule has 1 aromatic carbocycles. The number of hydrogen-bond donors (Lipinski definition) is 3. The fourth-order valence-electron chi connectivity index (χ4n) is 1.02. The Morgan fingerprint density at radius 1 is 1.47 bits per heavy atom. The van der Waals surface area contributed by atoms with Gasteiger partial charge < -0.3 is 15.3 Å². The second kappa shape index (κ2) is 7.47. The van der Waals surface area contributed by atoms with Crippen LogP contribution in [-0.2, 0) is 6.42 Å². The molecule has 0 aliphatic heterocycles. The molecule has 1 rings (SSSR count). The quantitative estimate of drug-likeness (QED) is 0.246. The summed E-state index contributed by atoms with van der Waals surface area (Å²) in [6.07, 6.45) is 0.389. The summed E-state index contributed by atoms with van der Waals surface area (Å²) >= 11 is 0. The first-order valence-corrected chi connectivity index (χ1v) is 4.38. The summed E-state index contributed by atoms with van der Waals surface area (Å²) in [5, 5.41) is 23.2. The van der Waals surface area contributed by atoms with Crippen LogP contribution in [-0.4, -0.2) is 11.0 Å². The van der Waals surface area contributed by atoms with E-state index in [1.807, 2.05) is 24.3 Å². The lowest BCUT2D eigenvalue weighted by Crippen LogP contribution is -2.72. The molecule has 0 atom stereocenters. The minimum Gasteiger partial charge on any atom is -0.356 e. The number of nitriles is 1. The van der Waals surface area contributed by atoms with E-state index in [0.717, 1.165) is 11.3 Å². The van der Waals surface area contributed by atoms with E-state index < -0.39 is 5.09 Å². The van der Waals surface area contributed by atoms with Crippen molar-refractivity contribution in [3.05, 3.63) is 45.2 Å². The van der Waals surface area contributed by atoms with Crippen LogP contribution in [0.3, 0.4) is 0 Å². The molecule has 0 spiro atoms. The van der Waals surface area contributed by atoms with Crippen molar-refractivity contribution < 1.29 is 10.1 Å². The van der Waals surface area contributed by atoms with Crippen LogP contribution in [0.1, 0.15) is 5.56 Å². The number of nitrogens with two attached hydrogens (primary N) is 2. The first-order valence-electron chi connectivity index (χ1n) is 4.38. The van der Waals surface area contributed by atoms with E-state index in [4.69, 9.17) is 32.1 Å². The van der Waals surface area contributed by atoms with E-state index in [1.165, 1.54) is 0 Å². The molecule has 17 heavy (non-hydrogen) atoms. The first kappa shape index (κ1) is 14.2. The Balaban J connectivity index is 0.000000557. The molecule has 90 valence electrons. The van der Waals surface area contributed by atoms with E-state index in [-0.39, 0.29) is 5.96 Å². The zero-order valence-corrected chi connectivity index (χ0v) is 8.79. The molecule has 1 aromatic rings. The molecular weight excluding hydrogens is 226 g/mol. The number of nitrogens with one attached hydrogen (secondary N) is 1. The van der Waals surface area contributed by atoms with Gasteiger partial charge in [-0.05, 0) is 17.7 Å². The molecule has 0 heterocycles. The highest BCUT2D eigenvalue weighted by molar-refractivity contribution is 5.70. The summed E-state index contributed by atoms with van der Waals surface area (Å²) in [6, 6.07) is 9.46. The zero-order valence-electron chi connectivity index (χ0n) is 8.79. The highest BCUT2D eigenvalue weighted by atomic mass is 16.9. The number of nitrogens with zero attached hydrogens (tertiary/aromatic N) is 2. The zero-order chi connectivity index (χ0) is 13.3. The molecule has 0 unspecified atom stereocenters. The third kappa shape index (κ3) is 8.19. The minimum absolute atomic E-state index is 0.147. The van der Waals surface area contributed by atoms with Gasteiger partial charge in [0, 0.05) is 0 Å². The molecule has 0 saturated carbocycles. The van der Waals surface area contributed by atoms with E-state index in [2.05, 4.69) is 11.1 Å². The maximum Gasteiger partial charge on any atom is 0.343 e. The van der Waals surface area contributed by atoms with Crippen LogP contribution in [0.4, 0.5) is 5.69 Å².